The molecular weight excluding hydrogens is 260 g/mol. The van der Waals surface area contributed by atoms with Crippen molar-refractivity contribution >= 4 is 5.91 Å². The lowest BCUT2D eigenvalue weighted by atomic mass is 9.86. The monoisotopic (exact) mass is 284 g/mol. The van der Waals surface area contributed by atoms with Gasteiger partial charge in [0.1, 0.15) is 0 Å². The van der Waals surface area contributed by atoms with Gasteiger partial charge in [-0.1, -0.05) is 25.7 Å². The van der Waals surface area contributed by atoms with Crippen LogP contribution in [0.1, 0.15) is 42.6 Å². The average molecular weight is 284 g/mol. The maximum absolute atomic E-state index is 12.5. The predicted octanol–water partition coefficient (Wildman–Crippen LogP) is 2.51. The number of nitrogens with zero attached hydrogens (tertiary/aromatic N) is 1. The Morgan fingerprint density at radius 3 is 2.43 bits per heavy atom. The van der Waals surface area contributed by atoms with E-state index in [2.05, 4.69) is 25.7 Å². The molecule has 112 valence electrons. The molecule has 1 saturated heterocycles. The highest BCUT2D eigenvalue weighted by Gasteiger charge is 2.24. The first-order valence-electron chi connectivity index (χ1n) is 7.70. The lowest BCUT2D eigenvalue weighted by Gasteiger charge is -2.34. The van der Waals surface area contributed by atoms with Crippen LogP contribution < -0.4 is 5.73 Å². The summed E-state index contributed by atoms with van der Waals surface area (Å²) in [4.78, 5) is 14.4. The average Bonchev–Trinajstić information content (AvgIpc) is 2.53. The third kappa shape index (κ3) is 4.09. The van der Waals surface area contributed by atoms with Gasteiger partial charge >= 0.3 is 0 Å². The summed E-state index contributed by atoms with van der Waals surface area (Å²) in [5, 5.41) is 0. The smallest absolute Gasteiger partial charge is 0.253 e. The zero-order valence-electron chi connectivity index (χ0n) is 12.9. The normalized spacial score (nSPS) is 15.7. The second kappa shape index (κ2) is 7.28. The first kappa shape index (κ1) is 15.6. The molecule has 1 heterocycles. The predicted molar refractivity (Wildman–Crippen MR) is 85.8 cm³/mol. The summed E-state index contributed by atoms with van der Waals surface area (Å²) in [7, 11) is 0. The van der Waals surface area contributed by atoms with Crippen LogP contribution in [0.25, 0.3) is 0 Å². The Morgan fingerprint density at radius 1 is 1.29 bits per heavy atom. The van der Waals surface area contributed by atoms with E-state index in [0.717, 1.165) is 43.0 Å². The number of piperidine rings is 1. The Hall–Kier alpha value is -1.79. The lowest BCUT2D eigenvalue weighted by molar-refractivity contribution is 0.0667. The van der Waals surface area contributed by atoms with Crippen molar-refractivity contribution in [2.75, 3.05) is 19.6 Å². The van der Waals surface area contributed by atoms with Crippen LogP contribution in [0, 0.1) is 23.7 Å². The molecule has 0 saturated carbocycles. The molecule has 0 radical (unpaired) electrons. The van der Waals surface area contributed by atoms with Crippen molar-refractivity contribution in [3.05, 3.63) is 35.4 Å². The van der Waals surface area contributed by atoms with Crippen LogP contribution in [0.15, 0.2) is 24.3 Å². The van der Waals surface area contributed by atoms with Gasteiger partial charge in [0, 0.05) is 24.2 Å². The molecule has 0 spiro atoms. The summed E-state index contributed by atoms with van der Waals surface area (Å²) < 4.78 is 0. The third-order valence-electron chi connectivity index (χ3n) is 4.24. The number of amides is 1. The molecule has 0 bridgehead atoms. The largest absolute Gasteiger partial charge is 0.339 e. The van der Waals surface area contributed by atoms with E-state index in [-0.39, 0.29) is 5.91 Å². The van der Waals surface area contributed by atoms with Gasteiger partial charge in [0.2, 0.25) is 0 Å². The fourth-order valence-electron chi connectivity index (χ4n) is 2.80. The molecule has 1 aromatic rings. The van der Waals surface area contributed by atoms with E-state index in [1.165, 1.54) is 0 Å². The van der Waals surface area contributed by atoms with Gasteiger partial charge in [-0.15, -0.1) is 0 Å². The molecule has 2 rings (SSSR count). The van der Waals surface area contributed by atoms with Gasteiger partial charge in [-0.05, 0) is 48.9 Å². The second-order valence-electron chi connectivity index (χ2n) is 5.96. The van der Waals surface area contributed by atoms with Crippen molar-refractivity contribution in [3.8, 4) is 11.8 Å². The molecule has 3 nitrogen and oxygen atoms in total. The minimum absolute atomic E-state index is 0.135. The zero-order valence-corrected chi connectivity index (χ0v) is 12.9. The van der Waals surface area contributed by atoms with Gasteiger partial charge in [-0.3, -0.25) is 4.79 Å². The van der Waals surface area contributed by atoms with Gasteiger partial charge in [0.15, 0.2) is 0 Å². The SMILES string of the molecule is CC(C)C1CCN(C(=O)c2ccc(C#CCN)cc2)CC1. The molecule has 3 heteroatoms. The Balaban J connectivity index is 1.97. The fraction of sp³-hybridized carbons (Fsp3) is 0.500. The highest BCUT2D eigenvalue weighted by molar-refractivity contribution is 5.94. The highest BCUT2D eigenvalue weighted by Crippen LogP contribution is 2.25. The minimum atomic E-state index is 0.135. The molecule has 1 fully saturated rings. The number of likely N-dealkylation sites (tertiary alicyclic amines) is 1. The number of rotatable bonds is 2. The maximum Gasteiger partial charge on any atom is 0.253 e. The van der Waals surface area contributed by atoms with Crippen LogP contribution >= 0.6 is 0 Å². The number of carbonyl (C=O) groups is 1. The lowest BCUT2D eigenvalue weighted by Crippen LogP contribution is -2.39. The molecule has 21 heavy (non-hydrogen) atoms. The van der Waals surface area contributed by atoms with Gasteiger partial charge in [-0.25, -0.2) is 0 Å². The molecule has 1 aliphatic heterocycles. The fourth-order valence-corrected chi connectivity index (χ4v) is 2.80. The maximum atomic E-state index is 12.5. The number of hydrogen-bond acceptors (Lipinski definition) is 2. The molecule has 0 aliphatic carbocycles. The van der Waals surface area contributed by atoms with Gasteiger partial charge in [0.05, 0.1) is 6.54 Å². The zero-order chi connectivity index (χ0) is 15.2. The van der Waals surface area contributed by atoms with Crippen LogP contribution in [-0.2, 0) is 0 Å². The van der Waals surface area contributed by atoms with Crippen LogP contribution in [-0.4, -0.2) is 30.4 Å². The number of benzene rings is 1. The molecule has 2 N–H and O–H groups in total. The molecule has 0 atom stereocenters. The van der Waals surface area contributed by atoms with Crippen molar-refractivity contribution in [2.45, 2.75) is 26.7 Å². The van der Waals surface area contributed by atoms with Crippen molar-refractivity contribution in [2.24, 2.45) is 17.6 Å². The standard InChI is InChI=1S/C18H24N2O/c1-14(2)16-9-12-20(13-10-16)18(21)17-7-5-15(6-8-17)4-3-11-19/h5-8,14,16H,9-13,19H2,1-2H3. The van der Waals surface area contributed by atoms with Gasteiger partial charge in [0.25, 0.3) is 5.91 Å². The summed E-state index contributed by atoms with van der Waals surface area (Å²) in [5.74, 6) is 7.38. The number of carbonyl (C=O) groups excluding carboxylic acids is 1. The quantitative estimate of drug-likeness (QED) is 0.848. The molecule has 1 aromatic carbocycles. The molecular formula is C18H24N2O. The Labute approximate surface area is 127 Å². The van der Waals surface area contributed by atoms with Gasteiger partial charge < -0.3 is 10.6 Å². The first-order valence-corrected chi connectivity index (χ1v) is 7.70. The van der Waals surface area contributed by atoms with Crippen LogP contribution in [0.2, 0.25) is 0 Å². The number of nitrogens with two attached hydrogens (primary N) is 1. The number of hydrogen-bond donors (Lipinski definition) is 1. The minimum Gasteiger partial charge on any atom is -0.339 e. The topological polar surface area (TPSA) is 46.3 Å². The van der Waals surface area contributed by atoms with Crippen LogP contribution in [0.3, 0.4) is 0 Å². The van der Waals surface area contributed by atoms with Crippen LogP contribution in [0.4, 0.5) is 0 Å². The van der Waals surface area contributed by atoms with E-state index in [1.807, 2.05) is 29.2 Å². The van der Waals surface area contributed by atoms with Crippen molar-refractivity contribution < 1.29 is 4.79 Å². The van der Waals surface area contributed by atoms with E-state index >= 15 is 0 Å². The van der Waals surface area contributed by atoms with Crippen molar-refractivity contribution in [1.82, 2.24) is 4.90 Å². The molecule has 1 aliphatic rings. The Kier molecular flexibility index (Phi) is 5.41. The van der Waals surface area contributed by atoms with Crippen molar-refractivity contribution in [1.29, 1.82) is 0 Å². The summed E-state index contributed by atoms with van der Waals surface area (Å²) in [5.41, 5.74) is 7.00. The van der Waals surface area contributed by atoms with Crippen LogP contribution in [0.5, 0.6) is 0 Å². The molecule has 0 aromatic heterocycles. The van der Waals surface area contributed by atoms with E-state index in [9.17, 15) is 4.79 Å². The summed E-state index contributed by atoms with van der Waals surface area (Å²) >= 11 is 0. The second-order valence-corrected chi connectivity index (χ2v) is 5.96. The molecule has 0 unspecified atom stereocenters. The summed E-state index contributed by atoms with van der Waals surface area (Å²) in [6, 6.07) is 7.49. The van der Waals surface area contributed by atoms with E-state index < -0.39 is 0 Å². The highest BCUT2D eigenvalue weighted by atomic mass is 16.2. The van der Waals surface area contributed by atoms with E-state index in [1.54, 1.807) is 0 Å². The third-order valence-corrected chi connectivity index (χ3v) is 4.24. The van der Waals surface area contributed by atoms with E-state index in [0.29, 0.717) is 12.5 Å². The Morgan fingerprint density at radius 2 is 1.90 bits per heavy atom. The van der Waals surface area contributed by atoms with Crippen molar-refractivity contribution in [3.63, 3.8) is 0 Å². The summed E-state index contributed by atoms with van der Waals surface area (Å²) in [6.07, 6.45) is 2.23. The van der Waals surface area contributed by atoms with E-state index in [4.69, 9.17) is 5.73 Å². The van der Waals surface area contributed by atoms with Gasteiger partial charge in [-0.2, -0.15) is 0 Å². The first-order chi connectivity index (χ1) is 10.1. The summed E-state index contributed by atoms with van der Waals surface area (Å²) in [6.45, 7) is 6.63. The Bertz CT molecular complexity index is 529. The molecule has 1 amide bonds.